The third kappa shape index (κ3) is 20.9. The van der Waals surface area contributed by atoms with E-state index in [4.69, 9.17) is 11.5 Å². The first-order chi connectivity index (χ1) is 11.1. The number of unbranched alkanes of at least 4 members (excludes halogenated alkanes) is 10. The zero-order chi connectivity index (χ0) is 17.2. The van der Waals surface area contributed by atoms with Gasteiger partial charge in [0.25, 0.3) is 0 Å². The van der Waals surface area contributed by atoms with Gasteiger partial charge in [0.05, 0.1) is 0 Å². The molecule has 0 heterocycles. The number of hydrogen-bond donors (Lipinski definition) is 3. The molecule has 0 aliphatic carbocycles. The van der Waals surface area contributed by atoms with Gasteiger partial charge in [0.1, 0.15) is 0 Å². The van der Waals surface area contributed by atoms with Crippen molar-refractivity contribution in [2.75, 3.05) is 13.1 Å². The summed E-state index contributed by atoms with van der Waals surface area (Å²) in [6.45, 7) is 2.22. The van der Waals surface area contributed by atoms with Gasteiger partial charge in [0.2, 0.25) is 11.8 Å². The summed E-state index contributed by atoms with van der Waals surface area (Å²) in [5, 5.41) is 3.50. The lowest BCUT2D eigenvalue weighted by Gasteiger charge is -2.05. The number of amides is 2. The molecule has 0 aliphatic rings. The van der Waals surface area contributed by atoms with Crippen molar-refractivity contribution < 1.29 is 9.59 Å². The Morgan fingerprint density at radius 3 is 1.17 bits per heavy atom. The Morgan fingerprint density at radius 1 is 0.522 bits per heavy atom. The number of rotatable bonds is 18. The van der Waals surface area contributed by atoms with E-state index < -0.39 is 0 Å². The molecule has 0 radical (unpaired) electrons. The van der Waals surface area contributed by atoms with Crippen LogP contribution in [-0.2, 0) is 9.59 Å². The van der Waals surface area contributed by atoms with E-state index in [0.29, 0.717) is 12.8 Å². The average molecular weight is 328 g/mol. The molecule has 5 heteroatoms. The predicted molar refractivity (Wildman–Crippen MR) is 95.9 cm³/mol. The highest BCUT2D eigenvalue weighted by Gasteiger charge is 1.96. The molecule has 0 bridgehead atoms. The quantitative estimate of drug-likeness (QED) is 0.337. The molecule has 136 valence electrons. The number of nitrogens with one attached hydrogen (secondary N) is 1. The molecule has 0 saturated carbocycles. The maximum atomic E-state index is 10.6. The number of hydrogen-bond acceptors (Lipinski definition) is 3. The van der Waals surface area contributed by atoms with Crippen molar-refractivity contribution in [1.82, 2.24) is 5.32 Å². The Morgan fingerprint density at radius 2 is 0.826 bits per heavy atom. The highest BCUT2D eigenvalue weighted by molar-refractivity contribution is 5.73. The summed E-state index contributed by atoms with van der Waals surface area (Å²) in [5.74, 6) is -0.361. The molecule has 0 fully saturated rings. The molecule has 0 aromatic carbocycles. The van der Waals surface area contributed by atoms with Crippen LogP contribution in [0.4, 0.5) is 0 Å². The zero-order valence-electron chi connectivity index (χ0n) is 14.8. The van der Waals surface area contributed by atoms with Crippen LogP contribution in [0.25, 0.3) is 0 Å². The second-order valence-electron chi connectivity index (χ2n) is 6.43. The molecular weight excluding hydrogens is 290 g/mol. The Bertz CT molecular complexity index is 268. The van der Waals surface area contributed by atoms with Crippen LogP contribution in [0.5, 0.6) is 0 Å². The van der Waals surface area contributed by atoms with Gasteiger partial charge < -0.3 is 16.8 Å². The minimum Gasteiger partial charge on any atom is -0.370 e. The van der Waals surface area contributed by atoms with Gasteiger partial charge in [-0.2, -0.15) is 0 Å². The zero-order valence-corrected chi connectivity index (χ0v) is 14.8. The van der Waals surface area contributed by atoms with Gasteiger partial charge in [0, 0.05) is 12.8 Å². The molecule has 5 N–H and O–H groups in total. The van der Waals surface area contributed by atoms with Crippen molar-refractivity contribution in [3.05, 3.63) is 0 Å². The van der Waals surface area contributed by atoms with Crippen molar-refractivity contribution in [2.24, 2.45) is 11.5 Å². The highest BCUT2D eigenvalue weighted by Crippen LogP contribution is 2.07. The number of carbonyl (C=O) groups is 2. The van der Waals surface area contributed by atoms with Gasteiger partial charge in [0.15, 0.2) is 0 Å². The predicted octanol–water partition coefficient (Wildman–Crippen LogP) is 3.01. The summed E-state index contributed by atoms with van der Waals surface area (Å²) in [7, 11) is 0. The molecule has 0 spiro atoms. The fourth-order valence-corrected chi connectivity index (χ4v) is 2.64. The molecule has 0 aromatic rings. The van der Waals surface area contributed by atoms with Gasteiger partial charge in [-0.05, 0) is 38.8 Å². The van der Waals surface area contributed by atoms with E-state index in [2.05, 4.69) is 5.32 Å². The van der Waals surface area contributed by atoms with E-state index in [1.807, 2.05) is 0 Å². The van der Waals surface area contributed by atoms with Crippen LogP contribution in [0.3, 0.4) is 0 Å². The molecule has 0 aromatic heterocycles. The summed E-state index contributed by atoms with van der Waals surface area (Å²) < 4.78 is 0. The van der Waals surface area contributed by atoms with E-state index in [-0.39, 0.29) is 11.8 Å². The molecule has 2 amide bonds. The smallest absolute Gasteiger partial charge is 0.217 e. The van der Waals surface area contributed by atoms with Gasteiger partial charge in [-0.25, -0.2) is 0 Å². The van der Waals surface area contributed by atoms with E-state index in [1.165, 1.54) is 51.4 Å². The van der Waals surface area contributed by atoms with Crippen LogP contribution in [-0.4, -0.2) is 24.9 Å². The molecule has 0 saturated heterocycles. The monoisotopic (exact) mass is 327 g/mol. The van der Waals surface area contributed by atoms with Gasteiger partial charge in [-0.3, -0.25) is 9.59 Å². The minimum atomic E-state index is -0.181. The van der Waals surface area contributed by atoms with Crippen molar-refractivity contribution in [2.45, 2.75) is 89.9 Å². The Kier molecular flexibility index (Phi) is 16.4. The van der Waals surface area contributed by atoms with Gasteiger partial charge in [-0.15, -0.1) is 0 Å². The summed E-state index contributed by atoms with van der Waals surface area (Å²) in [6.07, 6.45) is 15.1. The maximum Gasteiger partial charge on any atom is 0.217 e. The first-order valence-corrected chi connectivity index (χ1v) is 9.40. The lowest BCUT2D eigenvalue weighted by atomic mass is 10.1. The van der Waals surface area contributed by atoms with Crippen molar-refractivity contribution in [1.29, 1.82) is 0 Å². The Labute approximate surface area is 141 Å². The molecule has 0 unspecified atom stereocenters. The SMILES string of the molecule is NC(=O)CCCCCCCCNCCCCCCCCC(N)=O. The first-order valence-electron chi connectivity index (χ1n) is 9.40. The molecule has 0 atom stereocenters. The van der Waals surface area contributed by atoms with E-state index in [1.54, 1.807) is 0 Å². The van der Waals surface area contributed by atoms with Crippen LogP contribution in [0.1, 0.15) is 89.9 Å². The van der Waals surface area contributed by atoms with Crippen LogP contribution >= 0.6 is 0 Å². The average Bonchev–Trinajstić information content (AvgIpc) is 2.49. The number of primary amides is 2. The third-order valence-corrected chi connectivity index (χ3v) is 4.05. The lowest BCUT2D eigenvalue weighted by molar-refractivity contribution is -0.119. The normalized spacial score (nSPS) is 10.8. The largest absolute Gasteiger partial charge is 0.370 e. The lowest BCUT2D eigenvalue weighted by Crippen LogP contribution is -2.16. The first kappa shape index (κ1) is 21.9. The van der Waals surface area contributed by atoms with E-state index >= 15 is 0 Å². The van der Waals surface area contributed by atoms with Crippen LogP contribution in [0, 0.1) is 0 Å². The Hall–Kier alpha value is -1.10. The standard InChI is InChI=1S/C18H37N3O2/c19-17(22)13-9-5-1-3-7-11-15-21-16-12-8-4-2-6-10-14-18(20)23/h21H,1-16H2,(H2,19,22)(H2,20,23). The van der Waals surface area contributed by atoms with E-state index in [9.17, 15) is 9.59 Å². The van der Waals surface area contributed by atoms with Crippen molar-refractivity contribution in [3.63, 3.8) is 0 Å². The topological polar surface area (TPSA) is 98.2 Å². The van der Waals surface area contributed by atoms with Gasteiger partial charge >= 0.3 is 0 Å². The van der Waals surface area contributed by atoms with Crippen molar-refractivity contribution >= 4 is 11.8 Å². The molecular formula is C18H37N3O2. The summed E-state index contributed by atoms with van der Waals surface area (Å²) in [6, 6.07) is 0. The second-order valence-corrected chi connectivity index (χ2v) is 6.43. The summed E-state index contributed by atoms with van der Waals surface area (Å²) >= 11 is 0. The van der Waals surface area contributed by atoms with Gasteiger partial charge in [-0.1, -0.05) is 51.4 Å². The molecule has 23 heavy (non-hydrogen) atoms. The summed E-state index contributed by atoms with van der Waals surface area (Å²) in [4.78, 5) is 21.1. The second kappa shape index (κ2) is 17.3. The highest BCUT2D eigenvalue weighted by atomic mass is 16.1. The molecule has 5 nitrogen and oxygen atoms in total. The van der Waals surface area contributed by atoms with Crippen LogP contribution in [0.2, 0.25) is 0 Å². The maximum absolute atomic E-state index is 10.6. The minimum absolute atomic E-state index is 0.181. The molecule has 0 aliphatic heterocycles. The number of carbonyl (C=O) groups excluding carboxylic acids is 2. The number of nitrogens with two attached hydrogens (primary N) is 2. The van der Waals surface area contributed by atoms with Crippen LogP contribution in [0.15, 0.2) is 0 Å². The van der Waals surface area contributed by atoms with E-state index in [0.717, 1.165) is 38.8 Å². The molecule has 0 rings (SSSR count). The van der Waals surface area contributed by atoms with Crippen LogP contribution < -0.4 is 16.8 Å². The summed E-state index contributed by atoms with van der Waals surface area (Å²) in [5.41, 5.74) is 10.2. The third-order valence-electron chi connectivity index (χ3n) is 4.05. The fraction of sp³-hybridized carbons (Fsp3) is 0.889. The van der Waals surface area contributed by atoms with Crippen molar-refractivity contribution in [3.8, 4) is 0 Å². The fourth-order valence-electron chi connectivity index (χ4n) is 2.64. The Balaban J connectivity index is 3.00.